The van der Waals surface area contributed by atoms with Gasteiger partial charge in [0.2, 0.25) is 11.2 Å². The minimum Gasteiger partial charge on any atom is -0.450 e. The van der Waals surface area contributed by atoms with Crippen LogP contribution in [0.4, 0.5) is 13.2 Å². The van der Waals surface area contributed by atoms with Gasteiger partial charge in [-0.15, -0.1) is 0 Å². The van der Waals surface area contributed by atoms with Gasteiger partial charge in [-0.25, -0.2) is 4.79 Å². The van der Waals surface area contributed by atoms with E-state index in [2.05, 4.69) is 0 Å². The van der Waals surface area contributed by atoms with Crippen LogP contribution in [0.2, 0.25) is 0 Å². The SMILES string of the molecule is Cc1cc(C)c(C(=O)Oc2ccc3c(=O)c(-c4cccc5ccccc45)c(C(F)(F)F)oc3c2)c(C)c1. The zero-order chi connectivity index (χ0) is 26.5. The summed E-state index contributed by atoms with van der Waals surface area (Å²) in [5, 5.41) is 1.13. The van der Waals surface area contributed by atoms with Crippen molar-refractivity contribution in [2.45, 2.75) is 26.9 Å². The van der Waals surface area contributed by atoms with Gasteiger partial charge in [-0.2, -0.15) is 13.2 Å². The highest BCUT2D eigenvalue weighted by atomic mass is 19.4. The molecule has 0 spiro atoms. The van der Waals surface area contributed by atoms with Gasteiger partial charge in [0.15, 0.2) is 0 Å². The molecule has 0 aliphatic rings. The Morgan fingerprint density at radius 3 is 2.22 bits per heavy atom. The normalized spacial score (nSPS) is 11.7. The Hall–Kier alpha value is -4.39. The standard InChI is InChI=1S/C30H21F3O4/c1-16-13-17(2)25(18(3)14-16)29(35)36-20-11-12-23-24(15-20)37-28(30(31,32)33)26(27(23)34)22-10-6-8-19-7-4-5-9-21(19)22/h4-15H,1-3H3. The Balaban J connectivity index is 1.66. The molecule has 0 aliphatic carbocycles. The highest BCUT2D eigenvalue weighted by Crippen LogP contribution is 2.40. The Morgan fingerprint density at radius 1 is 0.838 bits per heavy atom. The Kier molecular flexibility index (Phi) is 5.86. The first kappa shape index (κ1) is 24.3. The molecule has 0 N–H and O–H groups in total. The molecule has 0 unspecified atom stereocenters. The predicted molar refractivity (Wildman–Crippen MR) is 136 cm³/mol. The summed E-state index contributed by atoms with van der Waals surface area (Å²) >= 11 is 0. The van der Waals surface area contributed by atoms with Gasteiger partial charge >= 0.3 is 12.1 Å². The van der Waals surface area contributed by atoms with Crippen molar-refractivity contribution in [2.24, 2.45) is 0 Å². The van der Waals surface area contributed by atoms with E-state index in [0.717, 1.165) is 11.6 Å². The van der Waals surface area contributed by atoms with Crippen LogP contribution in [0.25, 0.3) is 32.9 Å². The molecule has 0 bridgehead atoms. The molecule has 5 rings (SSSR count). The lowest BCUT2D eigenvalue weighted by Gasteiger charge is -2.15. The molecule has 0 saturated carbocycles. The lowest BCUT2D eigenvalue weighted by molar-refractivity contribution is -0.152. The fraction of sp³-hybridized carbons (Fsp3) is 0.133. The summed E-state index contributed by atoms with van der Waals surface area (Å²) in [6.07, 6.45) is -4.94. The molecular formula is C30H21F3O4. The van der Waals surface area contributed by atoms with E-state index in [1.54, 1.807) is 50.2 Å². The van der Waals surface area contributed by atoms with Gasteiger partial charge in [0.25, 0.3) is 0 Å². The fourth-order valence-corrected chi connectivity index (χ4v) is 4.78. The van der Waals surface area contributed by atoms with Crippen molar-refractivity contribution >= 4 is 27.7 Å². The number of alkyl halides is 3. The van der Waals surface area contributed by atoms with Gasteiger partial charge in [-0.1, -0.05) is 60.2 Å². The monoisotopic (exact) mass is 502 g/mol. The quantitative estimate of drug-likeness (QED) is 0.187. The first-order chi connectivity index (χ1) is 17.5. The topological polar surface area (TPSA) is 56.5 Å². The fourth-order valence-electron chi connectivity index (χ4n) is 4.78. The summed E-state index contributed by atoms with van der Waals surface area (Å²) in [7, 11) is 0. The van der Waals surface area contributed by atoms with Crippen LogP contribution in [0, 0.1) is 20.8 Å². The Morgan fingerprint density at radius 2 is 1.51 bits per heavy atom. The van der Waals surface area contributed by atoms with Gasteiger partial charge in [0.05, 0.1) is 16.5 Å². The van der Waals surface area contributed by atoms with Crippen LogP contribution in [0.3, 0.4) is 0 Å². The zero-order valence-electron chi connectivity index (χ0n) is 20.2. The smallest absolute Gasteiger partial charge is 0.450 e. The van der Waals surface area contributed by atoms with Crippen molar-refractivity contribution in [3.05, 3.63) is 111 Å². The number of esters is 1. The molecule has 0 aliphatic heterocycles. The van der Waals surface area contributed by atoms with Crippen molar-refractivity contribution in [3.63, 3.8) is 0 Å². The number of carbonyl (C=O) groups excluding carboxylic acids is 1. The molecule has 4 nitrogen and oxygen atoms in total. The number of ether oxygens (including phenoxy) is 1. The Bertz CT molecular complexity index is 1740. The molecule has 0 saturated heterocycles. The molecule has 4 aromatic carbocycles. The van der Waals surface area contributed by atoms with E-state index in [1.165, 1.54) is 18.2 Å². The summed E-state index contributed by atoms with van der Waals surface area (Å²) in [5.41, 5.74) is 1.20. The van der Waals surface area contributed by atoms with Crippen LogP contribution < -0.4 is 10.2 Å². The van der Waals surface area contributed by atoms with E-state index in [-0.39, 0.29) is 22.3 Å². The molecule has 1 aromatic heterocycles. The number of carbonyl (C=O) groups is 1. The first-order valence-corrected chi connectivity index (χ1v) is 11.5. The number of rotatable bonds is 3. The highest BCUT2D eigenvalue weighted by Gasteiger charge is 2.39. The summed E-state index contributed by atoms with van der Waals surface area (Å²) < 4.78 is 53.3. The van der Waals surface area contributed by atoms with E-state index < -0.39 is 28.9 Å². The number of fused-ring (bicyclic) bond motifs is 2. The molecule has 37 heavy (non-hydrogen) atoms. The van der Waals surface area contributed by atoms with Gasteiger partial charge in [-0.05, 0) is 60.4 Å². The van der Waals surface area contributed by atoms with Gasteiger partial charge < -0.3 is 9.15 Å². The van der Waals surface area contributed by atoms with Crippen LogP contribution in [0.15, 0.2) is 82.0 Å². The maximum Gasteiger partial charge on any atom is 0.450 e. The third-order valence-corrected chi connectivity index (χ3v) is 6.27. The largest absolute Gasteiger partial charge is 0.450 e. The Labute approximate surface area is 209 Å². The first-order valence-electron chi connectivity index (χ1n) is 11.5. The van der Waals surface area contributed by atoms with Crippen LogP contribution in [-0.2, 0) is 6.18 Å². The lowest BCUT2D eigenvalue weighted by atomic mass is 9.96. The molecule has 186 valence electrons. The third kappa shape index (κ3) is 4.37. The number of halogens is 3. The zero-order valence-corrected chi connectivity index (χ0v) is 20.2. The van der Waals surface area contributed by atoms with E-state index in [9.17, 15) is 22.8 Å². The summed E-state index contributed by atoms with van der Waals surface area (Å²) in [6, 6.07) is 19.2. The molecule has 0 atom stereocenters. The molecule has 7 heteroatoms. The van der Waals surface area contributed by atoms with Crippen molar-refractivity contribution in [1.82, 2.24) is 0 Å². The van der Waals surface area contributed by atoms with E-state index >= 15 is 0 Å². The second kappa shape index (κ2) is 8.92. The van der Waals surface area contributed by atoms with Crippen LogP contribution in [-0.4, -0.2) is 5.97 Å². The third-order valence-electron chi connectivity index (χ3n) is 6.27. The van der Waals surface area contributed by atoms with Gasteiger partial charge in [0.1, 0.15) is 11.3 Å². The maximum absolute atomic E-state index is 14.2. The summed E-state index contributed by atoms with van der Waals surface area (Å²) in [6.45, 7) is 5.46. The molecular weight excluding hydrogens is 481 g/mol. The second-order valence-electron chi connectivity index (χ2n) is 8.98. The minimum absolute atomic E-state index is 0.0361. The second-order valence-corrected chi connectivity index (χ2v) is 8.98. The van der Waals surface area contributed by atoms with Gasteiger partial charge in [-0.3, -0.25) is 4.79 Å². The van der Waals surface area contributed by atoms with E-state index in [0.29, 0.717) is 27.5 Å². The van der Waals surface area contributed by atoms with Crippen LogP contribution in [0.5, 0.6) is 5.75 Å². The number of hydrogen-bond acceptors (Lipinski definition) is 4. The van der Waals surface area contributed by atoms with Crippen molar-refractivity contribution < 1.29 is 27.1 Å². The summed E-state index contributed by atoms with van der Waals surface area (Å²) in [5.74, 6) is -2.10. The van der Waals surface area contributed by atoms with Gasteiger partial charge in [0, 0.05) is 6.07 Å². The average molecular weight is 502 g/mol. The van der Waals surface area contributed by atoms with Crippen molar-refractivity contribution in [2.75, 3.05) is 0 Å². The van der Waals surface area contributed by atoms with E-state index in [4.69, 9.17) is 9.15 Å². The number of aryl methyl sites for hydroxylation is 3. The van der Waals surface area contributed by atoms with Crippen molar-refractivity contribution in [3.8, 4) is 16.9 Å². The van der Waals surface area contributed by atoms with E-state index in [1.807, 2.05) is 19.1 Å². The molecule has 0 radical (unpaired) electrons. The molecule has 0 amide bonds. The molecule has 1 heterocycles. The highest BCUT2D eigenvalue weighted by molar-refractivity contribution is 5.99. The number of hydrogen-bond donors (Lipinski definition) is 0. The van der Waals surface area contributed by atoms with Crippen molar-refractivity contribution in [1.29, 1.82) is 0 Å². The minimum atomic E-state index is -4.94. The predicted octanol–water partition coefficient (Wildman–Crippen LogP) is 7.78. The van der Waals surface area contributed by atoms with Crippen LogP contribution >= 0.6 is 0 Å². The number of benzene rings is 4. The summed E-state index contributed by atoms with van der Waals surface area (Å²) in [4.78, 5) is 26.3. The molecule has 0 fully saturated rings. The average Bonchev–Trinajstić information content (AvgIpc) is 2.82. The lowest BCUT2D eigenvalue weighted by Crippen LogP contribution is -2.16. The maximum atomic E-state index is 14.2. The molecule has 5 aromatic rings. The van der Waals surface area contributed by atoms with Crippen LogP contribution in [0.1, 0.15) is 32.8 Å².